The van der Waals surface area contributed by atoms with Crippen LogP contribution in [0.1, 0.15) is 15.9 Å². The van der Waals surface area contributed by atoms with E-state index in [2.05, 4.69) is 15.6 Å². The molecule has 6 heteroatoms. The summed E-state index contributed by atoms with van der Waals surface area (Å²) in [6.07, 6.45) is 1.53. The van der Waals surface area contributed by atoms with Crippen LogP contribution in [0.3, 0.4) is 0 Å². The second kappa shape index (κ2) is 7.29. The van der Waals surface area contributed by atoms with E-state index in [1.165, 1.54) is 11.1 Å². The fourth-order valence-corrected chi connectivity index (χ4v) is 2.98. The van der Waals surface area contributed by atoms with Gasteiger partial charge in [-0.1, -0.05) is 42.5 Å². The van der Waals surface area contributed by atoms with E-state index in [9.17, 15) is 9.59 Å². The van der Waals surface area contributed by atoms with Crippen LogP contribution in [0, 0.1) is 0 Å². The molecule has 0 saturated carbocycles. The summed E-state index contributed by atoms with van der Waals surface area (Å²) in [5.74, 6) is 0.225. The van der Waals surface area contributed by atoms with E-state index < -0.39 is 0 Å². The van der Waals surface area contributed by atoms with Gasteiger partial charge in [0.25, 0.3) is 5.91 Å². The average molecular weight is 358 g/mol. The van der Waals surface area contributed by atoms with Crippen LogP contribution in [0.25, 0.3) is 0 Å². The number of carbonyl (C=O) groups excluding carboxylic acids is 2. The standard InChI is InChI=1S/C21H18N4O2/c26-20-14-25(18-9-5-4-8-17(18)24-20)21(27)16-10-11-19(23-13-16)22-12-15-6-2-1-3-7-15/h1-11,13H,12,14H2,(H,22,23)(H,24,26). The Balaban J connectivity index is 1.49. The van der Waals surface area contributed by atoms with Crippen molar-refractivity contribution in [3.63, 3.8) is 0 Å². The Kier molecular flexibility index (Phi) is 4.53. The molecule has 0 fully saturated rings. The quantitative estimate of drug-likeness (QED) is 0.750. The first-order valence-electron chi connectivity index (χ1n) is 8.65. The molecule has 0 saturated heterocycles. The minimum absolute atomic E-state index is 0.0101. The summed E-state index contributed by atoms with van der Waals surface area (Å²) in [4.78, 5) is 30.6. The van der Waals surface area contributed by atoms with Crippen LogP contribution in [-0.2, 0) is 11.3 Å². The molecule has 1 aromatic heterocycles. The van der Waals surface area contributed by atoms with Crippen LogP contribution in [0.15, 0.2) is 72.9 Å². The second-order valence-corrected chi connectivity index (χ2v) is 6.23. The zero-order chi connectivity index (χ0) is 18.6. The molecule has 1 aliphatic rings. The molecule has 2 heterocycles. The molecule has 134 valence electrons. The number of nitrogens with one attached hydrogen (secondary N) is 2. The zero-order valence-electron chi connectivity index (χ0n) is 14.6. The first-order chi connectivity index (χ1) is 13.2. The Morgan fingerprint density at radius 3 is 2.59 bits per heavy atom. The Morgan fingerprint density at radius 2 is 1.81 bits per heavy atom. The molecule has 0 spiro atoms. The summed E-state index contributed by atoms with van der Waals surface area (Å²) in [5.41, 5.74) is 2.91. The highest BCUT2D eigenvalue weighted by Gasteiger charge is 2.27. The van der Waals surface area contributed by atoms with E-state index in [-0.39, 0.29) is 18.4 Å². The number of amides is 2. The Labute approximate surface area is 156 Å². The van der Waals surface area contributed by atoms with E-state index in [0.29, 0.717) is 29.3 Å². The minimum atomic E-state index is -0.251. The Morgan fingerprint density at radius 1 is 1.04 bits per heavy atom. The van der Waals surface area contributed by atoms with Gasteiger partial charge >= 0.3 is 0 Å². The fourth-order valence-electron chi connectivity index (χ4n) is 2.98. The summed E-state index contributed by atoms with van der Waals surface area (Å²) >= 11 is 0. The van der Waals surface area contributed by atoms with Gasteiger partial charge in [-0.15, -0.1) is 0 Å². The molecule has 27 heavy (non-hydrogen) atoms. The number of rotatable bonds is 4. The molecule has 1 aliphatic heterocycles. The van der Waals surface area contributed by atoms with E-state index >= 15 is 0 Å². The van der Waals surface area contributed by atoms with E-state index in [1.807, 2.05) is 48.5 Å². The fraction of sp³-hybridized carbons (Fsp3) is 0.0952. The summed E-state index contributed by atoms with van der Waals surface area (Å²) in [7, 11) is 0. The lowest BCUT2D eigenvalue weighted by Gasteiger charge is -2.29. The van der Waals surface area contributed by atoms with Crippen molar-refractivity contribution in [3.8, 4) is 0 Å². The number of anilines is 3. The predicted octanol–water partition coefficient (Wildman–Crippen LogP) is 3.29. The van der Waals surface area contributed by atoms with Gasteiger partial charge in [0.15, 0.2) is 0 Å². The molecular formula is C21H18N4O2. The summed E-state index contributed by atoms with van der Waals surface area (Å²) in [5, 5.41) is 6.01. The number of pyridine rings is 1. The van der Waals surface area contributed by atoms with Gasteiger partial charge in [0, 0.05) is 12.7 Å². The van der Waals surface area contributed by atoms with Crippen molar-refractivity contribution in [2.24, 2.45) is 0 Å². The van der Waals surface area contributed by atoms with E-state index in [0.717, 1.165) is 5.56 Å². The van der Waals surface area contributed by atoms with Gasteiger partial charge in [-0.2, -0.15) is 0 Å². The van der Waals surface area contributed by atoms with E-state index in [1.54, 1.807) is 18.2 Å². The first kappa shape index (κ1) is 16.8. The second-order valence-electron chi connectivity index (χ2n) is 6.23. The van der Waals surface area contributed by atoms with Crippen molar-refractivity contribution in [2.75, 3.05) is 22.1 Å². The number of para-hydroxylation sites is 2. The zero-order valence-corrected chi connectivity index (χ0v) is 14.6. The molecule has 0 aliphatic carbocycles. The maximum absolute atomic E-state index is 12.9. The number of hydrogen-bond donors (Lipinski definition) is 2. The number of fused-ring (bicyclic) bond motifs is 1. The average Bonchev–Trinajstić information content (AvgIpc) is 2.72. The van der Waals surface area contributed by atoms with Crippen LogP contribution >= 0.6 is 0 Å². The van der Waals surface area contributed by atoms with Crippen LogP contribution in [0.2, 0.25) is 0 Å². The number of carbonyl (C=O) groups is 2. The number of aromatic nitrogens is 1. The lowest BCUT2D eigenvalue weighted by atomic mass is 10.1. The third-order valence-electron chi connectivity index (χ3n) is 4.34. The van der Waals surface area contributed by atoms with Crippen molar-refractivity contribution in [3.05, 3.63) is 84.1 Å². The van der Waals surface area contributed by atoms with Gasteiger partial charge in [0.2, 0.25) is 5.91 Å². The van der Waals surface area contributed by atoms with Gasteiger partial charge in [0.1, 0.15) is 12.4 Å². The number of benzene rings is 2. The summed E-state index contributed by atoms with van der Waals surface area (Å²) in [6.45, 7) is 0.644. The molecule has 0 bridgehead atoms. The number of hydrogen-bond acceptors (Lipinski definition) is 4. The van der Waals surface area contributed by atoms with Crippen LogP contribution in [0.5, 0.6) is 0 Å². The van der Waals surface area contributed by atoms with E-state index in [4.69, 9.17) is 0 Å². The van der Waals surface area contributed by atoms with Gasteiger partial charge in [-0.05, 0) is 29.8 Å². The van der Waals surface area contributed by atoms with Crippen molar-refractivity contribution in [1.82, 2.24) is 4.98 Å². The molecule has 2 amide bonds. The highest BCUT2D eigenvalue weighted by atomic mass is 16.2. The van der Waals surface area contributed by atoms with Crippen LogP contribution < -0.4 is 15.5 Å². The maximum Gasteiger partial charge on any atom is 0.260 e. The van der Waals surface area contributed by atoms with Crippen LogP contribution in [-0.4, -0.2) is 23.3 Å². The third kappa shape index (κ3) is 3.64. The van der Waals surface area contributed by atoms with Crippen LogP contribution in [0.4, 0.5) is 17.2 Å². The highest BCUT2D eigenvalue weighted by Crippen LogP contribution is 2.30. The van der Waals surface area contributed by atoms with Crippen molar-refractivity contribution >= 4 is 29.0 Å². The molecule has 0 unspecified atom stereocenters. The largest absolute Gasteiger partial charge is 0.366 e. The monoisotopic (exact) mass is 358 g/mol. The first-order valence-corrected chi connectivity index (χ1v) is 8.65. The van der Waals surface area contributed by atoms with Crippen molar-refractivity contribution < 1.29 is 9.59 Å². The topological polar surface area (TPSA) is 74.3 Å². The molecule has 6 nitrogen and oxygen atoms in total. The molecule has 0 atom stereocenters. The molecule has 2 aromatic carbocycles. The van der Waals surface area contributed by atoms with Gasteiger partial charge < -0.3 is 10.6 Å². The normalized spacial score (nSPS) is 12.9. The van der Waals surface area contributed by atoms with Crippen molar-refractivity contribution in [2.45, 2.75) is 6.54 Å². The predicted molar refractivity (Wildman–Crippen MR) is 105 cm³/mol. The molecular weight excluding hydrogens is 340 g/mol. The van der Waals surface area contributed by atoms with Gasteiger partial charge in [-0.25, -0.2) is 4.98 Å². The molecule has 3 aromatic rings. The summed E-state index contributed by atoms with van der Waals surface area (Å²) in [6, 6.07) is 20.8. The lowest BCUT2D eigenvalue weighted by molar-refractivity contribution is -0.115. The molecule has 2 N–H and O–H groups in total. The molecule has 4 rings (SSSR count). The minimum Gasteiger partial charge on any atom is -0.366 e. The Bertz CT molecular complexity index is 971. The SMILES string of the molecule is O=C1CN(C(=O)c2ccc(NCc3ccccc3)nc2)c2ccccc2N1. The molecule has 0 radical (unpaired) electrons. The highest BCUT2D eigenvalue weighted by molar-refractivity contribution is 6.15. The number of nitrogens with zero attached hydrogens (tertiary/aromatic N) is 2. The van der Waals surface area contributed by atoms with Gasteiger partial charge in [0.05, 0.1) is 16.9 Å². The lowest BCUT2D eigenvalue weighted by Crippen LogP contribution is -2.42. The maximum atomic E-state index is 12.9. The Hall–Kier alpha value is -3.67. The third-order valence-corrected chi connectivity index (χ3v) is 4.34. The summed E-state index contributed by atoms with van der Waals surface area (Å²) < 4.78 is 0. The smallest absolute Gasteiger partial charge is 0.260 e. The van der Waals surface area contributed by atoms with Crippen molar-refractivity contribution in [1.29, 1.82) is 0 Å². The van der Waals surface area contributed by atoms with Gasteiger partial charge in [-0.3, -0.25) is 14.5 Å².